The first-order valence-electron chi connectivity index (χ1n) is 6.66. The average molecular weight is 324 g/mol. The van der Waals surface area contributed by atoms with Crippen LogP contribution >= 0.6 is 35.0 Å². The molecule has 20 heavy (non-hydrogen) atoms. The van der Waals surface area contributed by atoms with Gasteiger partial charge < -0.3 is 5.32 Å². The summed E-state index contributed by atoms with van der Waals surface area (Å²) in [6.45, 7) is 0.857. The van der Waals surface area contributed by atoms with Crippen LogP contribution in [0.1, 0.15) is 18.4 Å². The zero-order chi connectivity index (χ0) is 13.9. The fourth-order valence-electron chi connectivity index (χ4n) is 1.92. The van der Waals surface area contributed by atoms with Crippen LogP contribution in [-0.4, -0.2) is 6.04 Å². The van der Waals surface area contributed by atoms with E-state index in [1.807, 2.05) is 30.3 Å². The maximum Gasteiger partial charge on any atom is 0.0462 e. The number of hydrogen-bond acceptors (Lipinski definition) is 2. The van der Waals surface area contributed by atoms with Crippen molar-refractivity contribution in [2.45, 2.75) is 35.2 Å². The van der Waals surface area contributed by atoms with Gasteiger partial charge in [0.15, 0.2) is 0 Å². The molecular formula is C16H15Cl2NS. The Hall–Kier alpha value is -0.670. The van der Waals surface area contributed by atoms with Crippen LogP contribution in [0.2, 0.25) is 10.0 Å². The third-order valence-corrected chi connectivity index (χ3v) is 4.83. The van der Waals surface area contributed by atoms with Crippen LogP contribution in [0.3, 0.4) is 0 Å². The van der Waals surface area contributed by atoms with Crippen LogP contribution in [-0.2, 0) is 6.54 Å². The Kier molecular flexibility index (Phi) is 4.57. The van der Waals surface area contributed by atoms with Crippen LogP contribution < -0.4 is 5.32 Å². The minimum absolute atomic E-state index is 0.703. The topological polar surface area (TPSA) is 12.0 Å². The molecule has 1 saturated carbocycles. The number of halogens is 2. The van der Waals surface area contributed by atoms with Crippen molar-refractivity contribution in [1.29, 1.82) is 0 Å². The maximum absolute atomic E-state index is 6.35. The van der Waals surface area contributed by atoms with Gasteiger partial charge in [-0.2, -0.15) is 0 Å². The van der Waals surface area contributed by atoms with Crippen molar-refractivity contribution in [1.82, 2.24) is 5.32 Å². The minimum atomic E-state index is 0.703. The average Bonchev–Trinajstić information content (AvgIpc) is 3.25. The molecule has 0 aromatic heterocycles. The Balaban J connectivity index is 1.67. The largest absolute Gasteiger partial charge is 0.310 e. The molecule has 0 atom stereocenters. The van der Waals surface area contributed by atoms with E-state index in [-0.39, 0.29) is 0 Å². The molecule has 2 aromatic carbocycles. The molecule has 2 aromatic rings. The number of benzene rings is 2. The molecule has 1 aliphatic carbocycles. The van der Waals surface area contributed by atoms with E-state index >= 15 is 0 Å². The predicted octanol–water partition coefficient (Wildman–Crippen LogP) is 5.40. The first-order valence-corrected chi connectivity index (χ1v) is 8.23. The maximum atomic E-state index is 6.35. The lowest BCUT2D eigenvalue weighted by Crippen LogP contribution is -2.15. The lowest BCUT2D eigenvalue weighted by molar-refractivity contribution is 0.687. The van der Waals surface area contributed by atoms with Crippen LogP contribution in [0.4, 0.5) is 0 Å². The Morgan fingerprint density at radius 3 is 2.35 bits per heavy atom. The van der Waals surface area contributed by atoms with Gasteiger partial charge in [-0.25, -0.2) is 0 Å². The highest BCUT2D eigenvalue weighted by Crippen LogP contribution is 2.31. The SMILES string of the molecule is Clc1ccc(Sc2ccc(CNC3CC3)c(Cl)c2)cc1. The molecule has 0 unspecified atom stereocenters. The molecule has 0 aliphatic heterocycles. The molecular weight excluding hydrogens is 309 g/mol. The summed E-state index contributed by atoms with van der Waals surface area (Å²) in [6, 6.07) is 14.8. The van der Waals surface area contributed by atoms with E-state index in [1.54, 1.807) is 11.8 Å². The fraction of sp³-hybridized carbons (Fsp3) is 0.250. The van der Waals surface area contributed by atoms with Gasteiger partial charge in [0.05, 0.1) is 0 Å². The molecule has 4 heteroatoms. The molecule has 0 spiro atoms. The van der Waals surface area contributed by atoms with Crippen molar-refractivity contribution in [2.75, 3.05) is 0 Å². The van der Waals surface area contributed by atoms with Gasteiger partial charge in [-0.1, -0.05) is 41.0 Å². The third kappa shape index (κ3) is 3.92. The molecule has 0 amide bonds. The highest BCUT2D eigenvalue weighted by atomic mass is 35.5. The van der Waals surface area contributed by atoms with Gasteiger partial charge in [-0.3, -0.25) is 0 Å². The normalized spacial score (nSPS) is 14.5. The zero-order valence-electron chi connectivity index (χ0n) is 10.9. The smallest absolute Gasteiger partial charge is 0.0462 e. The van der Waals surface area contributed by atoms with Crippen molar-refractivity contribution in [3.05, 3.63) is 58.1 Å². The zero-order valence-corrected chi connectivity index (χ0v) is 13.2. The van der Waals surface area contributed by atoms with E-state index in [0.29, 0.717) is 6.04 Å². The van der Waals surface area contributed by atoms with Crippen molar-refractivity contribution in [2.24, 2.45) is 0 Å². The van der Waals surface area contributed by atoms with Crippen LogP contribution in [0.25, 0.3) is 0 Å². The lowest BCUT2D eigenvalue weighted by Gasteiger charge is -2.08. The van der Waals surface area contributed by atoms with Crippen LogP contribution in [0, 0.1) is 0 Å². The Morgan fingerprint density at radius 1 is 1.00 bits per heavy atom. The van der Waals surface area contributed by atoms with E-state index in [2.05, 4.69) is 17.4 Å². The monoisotopic (exact) mass is 323 g/mol. The van der Waals surface area contributed by atoms with Gasteiger partial charge in [0.1, 0.15) is 0 Å². The third-order valence-electron chi connectivity index (χ3n) is 3.23. The van der Waals surface area contributed by atoms with E-state index in [0.717, 1.165) is 26.4 Å². The van der Waals surface area contributed by atoms with Gasteiger partial charge >= 0.3 is 0 Å². The van der Waals surface area contributed by atoms with Crippen LogP contribution in [0.5, 0.6) is 0 Å². The minimum Gasteiger partial charge on any atom is -0.310 e. The fourth-order valence-corrected chi connectivity index (χ4v) is 3.21. The molecule has 0 radical (unpaired) electrons. The molecule has 0 heterocycles. The lowest BCUT2D eigenvalue weighted by atomic mass is 10.2. The molecule has 104 valence electrons. The first-order chi connectivity index (χ1) is 9.70. The van der Waals surface area contributed by atoms with Gasteiger partial charge in [0.2, 0.25) is 0 Å². The van der Waals surface area contributed by atoms with Crippen molar-refractivity contribution in [3.8, 4) is 0 Å². The summed E-state index contributed by atoms with van der Waals surface area (Å²) in [7, 11) is 0. The summed E-state index contributed by atoms with van der Waals surface area (Å²) in [4.78, 5) is 2.31. The van der Waals surface area contributed by atoms with Gasteiger partial charge in [0, 0.05) is 32.4 Å². The highest BCUT2D eigenvalue weighted by molar-refractivity contribution is 7.99. The molecule has 3 rings (SSSR count). The van der Waals surface area contributed by atoms with Gasteiger partial charge in [-0.15, -0.1) is 0 Å². The molecule has 1 aliphatic rings. The number of hydrogen-bond donors (Lipinski definition) is 1. The Bertz CT molecular complexity index is 594. The summed E-state index contributed by atoms with van der Waals surface area (Å²) in [5.74, 6) is 0. The summed E-state index contributed by atoms with van der Waals surface area (Å²) >= 11 is 13.9. The molecule has 0 saturated heterocycles. The van der Waals surface area contributed by atoms with E-state index in [9.17, 15) is 0 Å². The summed E-state index contributed by atoms with van der Waals surface area (Å²) in [5, 5.41) is 5.07. The molecule has 0 bridgehead atoms. The summed E-state index contributed by atoms with van der Waals surface area (Å²) in [5.41, 5.74) is 1.17. The summed E-state index contributed by atoms with van der Waals surface area (Å²) in [6.07, 6.45) is 2.59. The summed E-state index contributed by atoms with van der Waals surface area (Å²) < 4.78 is 0. The Morgan fingerprint density at radius 2 is 1.70 bits per heavy atom. The first kappa shape index (κ1) is 14.3. The van der Waals surface area contributed by atoms with E-state index < -0.39 is 0 Å². The standard InChI is InChI=1S/C16H15Cl2NS/c17-12-2-7-14(8-3-12)20-15-6-1-11(16(18)9-15)10-19-13-4-5-13/h1-3,6-9,13,19H,4-5,10H2. The van der Waals surface area contributed by atoms with Crippen molar-refractivity contribution in [3.63, 3.8) is 0 Å². The van der Waals surface area contributed by atoms with Crippen LogP contribution in [0.15, 0.2) is 52.3 Å². The quantitative estimate of drug-likeness (QED) is 0.790. The predicted molar refractivity (Wildman–Crippen MR) is 86.9 cm³/mol. The van der Waals surface area contributed by atoms with E-state index in [1.165, 1.54) is 18.4 Å². The van der Waals surface area contributed by atoms with Gasteiger partial charge in [0.25, 0.3) is 0 Å². The van der Waals surface area contributed by atoms with Gasteiger partial charge in [-0.05, 0) is 54.8 Å². The van der Waals surface area contributed by atoms with E-state index in [4.69, 9.17) is 23.2 Å². The second-order valence-corrected chi connectivity index (χ2v) is 6.95. The van der Waals surface area contributed by atoms with Crippen molar-refractivity contribution < 1.29 is 0 Å². The highest BCUT2D eigenvalue weighted by Gasteiger charge is 2.20. The Labute approximate surface area is 133 Å². The number of rotatable bonds is 5. The molecule has 1 N–H and O–H groups in total. The second kappa shape index (κ2) is 6.40. The molecule has 1 nitrogen and oxygen atoms in total. The second-order valence-electron chi connectivity index (χ2n) is 4.96. The number of nitrogens with one attached hydrogen (secondary N) is 1. The van der Waals surface area contributed by atoms with Crippen molar-refractivity contribution >= 4 is 35.0 Å². The molecule has 1 fully saturated rings.